The van der Waals surface area contributed by atoms with E-state index in [1.54, 1.807) is 24.9 Å². The maximum absolute atomic E-state index is 12.4. The summed E-state index contributed by atoms with van der Waals surface area (Å²) >= 11 is 3.09. The van der Waals surface area contributed by atoms with Gasteiger partial charge in [-0.1, -0.05) is 0 Å². The summed E-state index contributed by atoms with van der Waals surface area (Å²) in [5.74, 6) is 1.61. The van der Waals surface area contributed by atoms with Gasteiger partial charge in [0.1, 0.15) is 6.29 Å². The third kappa shape index (κ3) is 5.40. The number of thioether (sulfide) groups is 1. The first-order valence-electron chi connectivity index (χ1n) is 9.16. The number of hydrogen-bond acceptors (Lipinski definition) is 10. The van der Waals surface area contributed by atoms with Crippen molar-refractivity contribution in [3.8, 4) is 0 Å². The van der Waals surface area contributed by atoms with E-state index in [0.717, 1.165) is 29.3 Å². The zero-order valence-electron chi connectivity index (χ0n) is 15.8. The fourth-order valence-corrected chi connectivity index (χ4v) is 4.43. The Labute approximate surface area is 172 Å². The maximum Gasteiger partial charge on any atom is 0.337 e. The van der Waals surface area contributed by atoms with Crippen LogP contribution in [0.4, 0.5) is 0 Å². The minimum Gasteiger partial charge on any atom is -0.463 e. The molecule has 1 unspecified atom stereocenters. The predicted molar refractivity (Wildman–Crippen MR) is 110 cm³/mol. The van der Waals surface area contributed by atoms with Crippen molar-refractivity contribution < 1.29 is 19.1 Å². The predicted octanol–water partition coefficient (Wildman–Crippen LogP) is 0.943. The van der Waals surface area contributed by atoms with Crippen LogP contribution in [0.15, 0.2) is 27.8 Å². The average Bonchev–Trinajstić information content (AvgIpc) is 3.24. The minimum atomic E-state index is -0.341. The number of ether oxygens (including phenoxy) is 2. The molecule has 8 nitrogen and oxygen atoms in total. The van der Waals surface area contributed by atoms with Gasteiger partial charge in [0.05, 0.1) is 31.9 Å². The highest BCUT2D eigenvalue weighted by Gasteiger charge is 2.29. The second-order valence-corrected chi connectivity index (χ2v) is 8.18. The van der Waals surface area contributed by atoms with Crippen LogP contribution in [0, 0.1) is 0 Å². The normalized spacial score (nSPS) is 20.5. The number of amidine groups is 1. The zero-order valence-corrected chi connectivity index (χ0v) is 17.4. The van der Waals surface area contributed by atoms with Crippen LogP contribution in [-0.2, 0) is 19.1 Å². The molecule has 1 aromatic heterocycles. The Morgan fingerprint density at radius 1 is 1.57 bits per heavy atom. The molecule has 0 saturated carbocycles. The van der Waals surface area contributed by atoms with Crippen LogP contribution in [0.3, 0.4) is 0 Å². The molecule has 0 amide bonds. The lowest BCUT2D eigenvalue weighted by Gasteiger charge is -2.36. The molecular formula is C18H24N4O4S2. The number of carbonyl (C=O) groups excluding carboxylic acids is 2. The van der Waals surface area contributed by atoms with Crippen LogP contribution in [0.25, 0.3) is 0 Å². The molecule has 3 rings (SSSR count). The van der Waals surface area contributed by atoms with Crippen molar-refractivity contribution in [2.75, 3.05) is 51.0 Å². The van der Waals surface area contributed by atoms with E-state index in [1.165, 1.54) is 11.3 Å². The molecule has 10 heteroatoms. The monoisotopic (exact) mass is 424 g/mol. The Morgan fingerprint density at radius 3 is 3.21 bits per heavy atom. The topological polar surface area (TPSA) is 93.1 Å². The van der Waals surface area contributed by atoms with Gasteiger partial charge in [-0.05, 0) is 6.92 Å². The van der Waals surface area contributed by atoms with Crippen molar-refractivity contribution in [1.82, 2.24) is 15.2 Å². The first-order chi connectivity index (χ1) is 13.7. The largest absolute Gasteiger partial charge is 0.463 e. The van der Waals surface area contributed by atoms with Gasteiger partial charge in [0.15, 0.2) is 10.8 Å². The van der Waals surface area contributed by atoms with E-state index in [9.17, 15) is 9.59 Å². The Kier molecular flexibility index (Phi) is 8.01. The Morgan fingerprint density at radius 2 is 2.46 bits per heavy atom. The molecule has 0 radical (unpaired) electrons. The molecule has 152 valence electrons. The van der Waals surface area contributed by atoms with Gasteiger partial charge in [-0.3, -0.25) is 9.89 Å². The second kappa shape index (κ2) is 10.7. The Balaban J connectivity index is 1.76. The molecule has 2 aliphatic rings. The SMILES string of the molecule is CCOC(=O)C1=C(CN2CCOCC2CSCC=O)NC(c2nccs2)=NC1. The molecule has 0 spiro atoms. The number of carbonyl (C=O) groups is 2. The van der Waals surface area contributed by atoms with E-state index in [0.29, 0.717) is 43.5 Å². The highest BCUT2D eigenvalue weighted by atomic mass is 32.2. The molecule has 1 N–H and O–H groups in total. The molecule has 1 fully saturated rings. The van der Waals surface area contributed by atoms with Crippen molar-refractivity contribution >= 4 is 41.2 Å². The molecule has 3 heterocycles. The number of aldehydes is 1. The van der Waals surface area contributed by atoms with Gasteiger partial charge < -0.3 is 19.6 Å². The van der Waals surface area contributed by atoms with E-state index in [2.05, 4.69) is 20.2 Å². The number of rotatable bonds is 9. The third-order valence-corrected chi connectivity index (χ3v) is 6.16. The van der Waals surface area contributed by atoms with Gasteiger partial charge in [0.25, 0.3) is 0 Å². The van der Waals surface area contributed by atoms with Crippen LogP contribution in [0.1, 0.15) is 11.9 Å². The number of morpholine rings is 1. The van der Waals surface area contributed by atoms with Crippen LogP contribution < -0.4 is 5.32 Å². The van der Waals surface area contributed by atoms with Crippen LogP contribution in [0.5, 0.6) is 0 Å². The molecular weight excluding hydrogens is 400 g/mol. The summed E-state index contributed by atoms with van der Waals surface area (Å²) in [6, 6.07) is 0.179. The van der Waals surface area contributed by atoms with Crippen molar-refractivity contribution in [1.29, 1.82) is 0 Å². The molecule has 1 atom stereocenters. The number of hydrogen-bond donors (Lipinski definition) is 1. The summed E-state index contributed by atoms with van der Waals surface area (Å²) in [5, 5.41) is 6.00. The first-order valence-corrected chi connectivity index (χ1v) is 11.2. The summed E-state index contributed by atoms with van der Waals surface area (Å²) in [7, 11) is 0. The summed E-state index contributed by atoms with van der Waals surface area (Å²) in [5.41, 5.74) is 1.35. The minimum absolute atomic E-state index is 0.179. The summed E-state index contributed by atoms with van der Waals surface area (Å²) in [6.07, 6.45) is 2.65. The zero-order chi connectivity index (χ0) is 19.8. The van der Waals surface area contributed by atoms with Crippen molar-refractivity contribution in [2.24, 2.45) is 4.99 Å². The highest BCUT2D eigenvalue weighted by molar-refractivity contribution is 7.99. The number of esters is 1. The quantitative estimate of drug-likeness (QED) is 0.356. The fraction of sp³-hybridized carbons (Fsp3) is 0.556. The van der Waals surface area contributed by atoms with Crippen LogP contribution >= 0.6 is 23.1 Å². The molecule has 2 aliphatic heterocycles. The summed E-state index contributed by atoms with van der Waals surface area (Å²) in [4.78, 5) is 34.1. The molecule has 1 saturated heterocycles. The molecule has 0 aliphatic carbocycles. The van der Waals surface area contributed by atoms with Gasteiger partial charge in [0, 0.05) is 47.9 Å². The van der Waals surface area contributed by atoms with Gasteiger partial charge in [-0.2, -0.15) is 11.8 Å². The molecule has 1 aromatic rings. The Bertz CT molecular complexity index is 736. The van der Waals surface area contributed by atoms with Crippen molar-refractivity contribution in [2.45, 2.75) is 13.0 Å². The second-order valence-electron chi connectivity index (χ2n) is 6.21. The van der Waals surface area contributed by atoms with Gasteiger partial charge in [0.2, 0.25) is 0 Å². The maximum atomic E-state index is 12.4. The standard InChI is InChI=1S/C18H24N4O4S2/c1-2-26-18(24)14-9-20-16(17-19-3-7-28-17)21-15(14)10-22-4-6-25-11-13(22)12-27-8-5-23/h3,5,7,13H,2,4,6,8-12H2,1H3,(H,20,21). The summed E-state index contributed by atoms with van der Waals surface area (Å²) < 4.78 is 10.8. The van der Waals surface area contributed by atoms with E-state index >= 15 is 0 Å². The molecule has 0 bridgehead atoms. The lowest BCUT2D eigenvalue weighted by atomic mass is 10.1. The lowest BCUT2D eigenvalue weighted by Crippen LogP contribution is -2.50. The van der Waals surface area contributed by atoms with Crippen molar-refractivity contribution in [3.63, 3.8) is 0 Å². The first kappa shape index (κ1) is 21.0. The third-order valence-electron chi connectivity index (χ3n) is 4.39. The Hall–Kier alpha value is -1.75. The molecule has 0 aromatic carbocycles. The smallest absolute Gasteiger partial charge is 0.337 e. The van der Waals surface area contributed by atoms with E-state index in [-0.39, 0.29) is 18.6 Å². The van der Waals surface area contributed by atoms with Gasteiger partial charge in [-0.15, -0.1) is 11.3 Å². The van der Waals surface area contributed by atoms with Crippen LogP contribution in [0.2, 0.25) is 0 Å². The molecule has 28 heavy (non-hydrogen) atoms. The summed E-state index contributed by atoms with van der Waals surface area (Å²) in [6.45, 7) is 4.96. The average molecular weight is 425 g/mol. The van der Waals surface area contributed by atoms with E-state index < -0.39 is 0 Å². The number of aromatic nitrogens is 1. The van der Waals surface area contributed by atoms with E-state index in [1.807, 2.05) is 5.38 Å². The van der Waals surface area contributed by atoms with Gasteiger partial charge >= 0.3 is 5.97 Å². The fourth-order valence-electron chi connectivity index (χ4n) is 3.02. The van der Waals surface area contributed by atoms with E-state index in [4.69, 9.17) is 9.47 Å². The van der Waals surface area contributed by atoms with Crippen LogP contribution in [-0.4, -0.2) is 85.0 Å². The highest BCUT2D eigenvalue weighted by Crippen LogP contribution is 2.19. The number of thiazole rings is 1. The number of nitrogens with zero attached hydrogens (tertiary/aromatic N) is 3. The van der Waals surface area contributed by atoms with Gasteiger partial charge in [-0.25, -0.2) is 9.78 Å². The lowest BCUT2D eigenvalue weighted by molar-refractivity contribution is -0.138. The number of nitrogens with one attached hydrogen (secondary N) is 1. The van der Waals surface area contributed by atoms with Crippen molar-refractivity contribution in [3.05, 3.63) is 27.9 Å². The number of aliphatic imine (C=N–C) groups is 1.